The molecule has 1 saturated heterocycles. The minimum atomic E-state index is -2.88. The van der Waals surface area contributed by atoms with E-state index in [1.165, 1.54) is 0 Å². The van der Waals surface area contributed by atoms with Crippen molar-refractivity contribution in [3.8, 4) is 0 Å². The molecule has 1 atom stereocenters. The molecule has 72 valence electrons. The number of hydrogen-bond donors (Lipinski definition) is 1. The lowest BCUT2D eigenvalue weighted by atomic mass is 10.1. The molecular formula is C6H8N2O3S2. The lowest BCUT2D eigenvalue weighted by Gasteiger charge is -1.97. The quantitative estimate of drug-likeness (QED) is 0.703. The molecule has 7 heteroatoms. The van der Waals surface area contributed by atoms with Gasteiger partial charge in [-0.2, -0.15) is 0 Å². The largest absolute Gasteiger partial charge is 0.414 e. The first kappa shape index (κ1) is 8.89. The summed E-state index contributed by atoms with van der Waals surface area (Å²) < 4.78 is 27.3. The van der Waals surface area contributed by atoms with Gasteiger partial charge in [0.2, 0.25) is 5.89 Å². The molecule has 0 aliphatic carbocycles. The van der Waals surface area contributed by atoms with Gasteiger partial charge in [0, 0.05) is 0 Å². The van der Waals surface area contributed by atoms with Crippen LogP contribution in [-0.2, 0) is 9.84 Å². The van der Waals surface area contributed by atoms with Crippen LogP contribution in [-0.4, -0.2) is 30.1 Å². The Bertz CT molecular complexity index is 458. The fourth-order valence-corrected chi connectivity index (χ4v) is 3.27. The summed E-state index contributed by atoms with van der Waals surface area (Å²) in [5.41, 5.74) is 0. The molecule has 2 heterocycles. The number of sulfone groups is 1. The van der Waals surface area contributed by atoms with Gasteiger partial charge in [0.1, 0.15) is 0 Å². The maximum atomic E-state index is 11.1. The zero-order chi connectivity index (χ0) is 9.47. The van der Waals surface area contributed by atoms with Crippen LogP contribution in [0.5, 0.6) is 0 Å². The predicted molar refractivity (Wildman–Crippen MR) is 47.7 cm³/mol. The molecule has 1 aliphatic rings. The molecule has 1 unspecified atom stereocenters. The third-order valence-corrected chi connectivity index (χ3v) is 3.98. The Hall–Kier alpha value is -0.690. The van der Waals surface area contributed by atoms with Crippen molar-refractivity contribution in [2.24, 2.45) is 0 Å². The monoisotopic (exact) mass is 220 g/mol. The van der Waals surface area contributed by atoms with Gasteiger partial charge < -0.3 is 4.42 Å². The van der Waals surface area contributed by atoms with Crippen LogP contribution < -0.4 is 0 Å². The normalized spacial score (nSPS) is 26.3. The Morgan fingerprint density at radius 1 is 1.62 bits per heavy atom. The van der Waals surface area contributed by atoms with E-state index in [0.717, 1.165) is 0 Å². The van der Waals surface area contributed by atoms with E-state index in [-0.39, 0.29) is 22.3 Å². The highest BCUT2D eigenvalue weighted by Crippen LogP contribution is 2.27. The van der Waals surface area contributed by atoms with Crippen LogP contribution in [0.3, 0.4) is 0 Å². The second-order valence-electron chi connectivity index (χ2n) is 3.05. The van der Waals surface area contributed by atoms with E-state index in [4.69, 9.17) is 16.6 Å². The average Bonchev–Trinajstić information content (AvgIpc) is 2.56. The second kappa shape index (κ2) is 2.91. The zero-order valence-electron chi connectivity index (χ0n) is 6.69. The van der Waals surface area contributed by atoms with E-state index >= 15 is 0 Å². The number of H-pyrrole nitrogens is 1. The lowest BCUT2D eigenvalue weighted by molar-refractivity contribution is 0.450. The number of aromatic amines is 1. The fraction of sp³-hybridized carbons (Fsp3) is 0.667. The summed E-state index contributed by atoms with van der Waals surface area (Å²) in [5.74, 6) is 0.618. The van der Waals surface area contributed by atoms with Crippen molar-refractivity contribution < 1.29 is 12.8 Å². The standard InChI is InChI=1S/C6H8N2O3S2/c9-13(10)2-1-4(3-13)5-7-8-6(12)11-5/h4H,1-3H2,(H,8,12). The van der Waals surface area contributed by atoms with E-state index in [2.05, 4.69) is 10.2 Å². The second-order valence-corrected chi connectivity index (χ2v) is 5.65. The number of rotatable bonds is 1. The highest BCUT2D eigenvalue weighted by atomic mass is 32.2. The van der Waals surface area contributed by atoms with Crippen LogP contribution in [0.1, 0.15) is 18.2 Å². The first-order chi connectivity index (χ1) is 6.07. The summed E-state index contributed by atoms with van der Waals surface area (Å²) in [6.07, 6.45) is 0.575. The number of aromatic nitrogens is 2. The van der Waals surface area contributed by atoms with Crippen molar-refractivity contribution in [2.45, 2.75) is 12.3 Å². The maximum Gasteiger partial charge on any atom is 0.284 e. The van der Waals surface area contributed by atoms with E-state index in [1.807, 2.05) is 0 Å². The van der Waals surface area contributed by atoms with Crippen molar-refractivity contribution >= 4 is 22.1 Å². The molecule has 0 aromatic carbocycles. The Balaban J connectivity index is 2.26. The molecule has 1 fully saturated rings. The molecule has 1 aliphatic heterocycles. The van der Waals surface area contributed by atoms with Crippen LogP contribution in [0.2, 0.25) is 0 Å². The topological polar surface area (TPSA) is 76.0 Å². The summed E-state index contributed by atoms with van der Waals surface area (Å²) in [6, 6.07) is 0. The molecule has 5 nitrogen and oxygen atoms in total. The van der Waals surface area contributed by atoms with Crippen LogP contribution in [0.25, 0.3) is 0 Å². The van der Waals surface area contributed by atoms with Gasteiger partial charge in [-0.1, -0.05) is 0 Å². The van der Waals surface area contributed by atoms with Crippen molar-refractivity contribution in [1.82, 2.24) is 10.2 Å². The van der Waals surface area contributed by atoms with Gasteiger partial charge in [0.05, 0.1) is 17.4 Å². The van der Waals surface area contributed by atoms with Crippen LogP contribution in [0.4, 0.5) is 0 Å². The third-order valence-electron chi connectivity index (χ3n) is 2.04. The molecule has 1 aromatic rings. The van der Waals surface area contributed by atoms with Gasteiger partial charge in [-0.25, -0.2) is 13.5 Å². The van der Waals surface area contributed by atoms with Crippen LogP contribution in [0, 0.1) is 4.84 Å². The molecule has 0 bridgehead atoms. The molecule has 0 amide bonds. The summed E-state index contributed by atoms with van der Waals surface area (Å²) in [7, 11) is -2.88. The molecule has 2 rings (SSSR count). The Kier molecular flexibility index (Phi) is 1.99. The molecule has 1 aromatic heterocycles. The Morgan fingerprint density at radius 3 is 2.85 bits per heavy atom. The first-order valence-corrected chi connectivity index (χ1v) is 6.06. The Morgan fingerprint density at radius 2 is 2.38 bits per heavy atom. The van der Waals surface area contributed by atoms with Gasteiger partial charge in [-0.3, -0.25) is 0 Å². The minimum absolute atomic E-state index is 0.121. The SMILES string of the molecule is O=S1(=O)CCC(c2n[nH]c(=S)o2)C1. The highest BCUT2D eigenvalue weighted by Gasteiger charge is 2.32. The first-order valence-electron chi connectivity index (χ1n) is 3.83. The highest BCUT2D eigenvalue weighted by molar-refractivity contribution is 7.91. The van der Waals surface area contributed by atoms with E-state index in [1.54, 1.807) is 0 Å². The average molecular weight is 220 g/mol. The zero-order valence-corrected chi connectivity index (χ0v) is 8.32. The fourth-order valence-electron chi connectivity index (χ4n) is 1.41. The summed E-state index contributed by atoms with van der Waals surface area (Å²) >= 11 is 4.69. The van der Waals surface area contributed by atoms with Gasteiger partial charge in [-0.05, 0) is 18.6 Å². The van der Waals surface area contributed by atoms with Gasteiger partial charge in [0.15, 0.2) is 9.84 Å². The molecule has 0 radical (unpaired) electrons. The summed E-state index contributed by atoms with van der Waals surface area (Å²) in [4.78, 5) is 0.194. The lowest BCUT2D eigenvalue weighted by Crippen LogP contribution is -2.03. The molecule has 1 N–H and O–H groups in total. The van der Waals surface area contributed by atoms with E-state index in [0.29, 0.717) is 12.3 Å². The molecule has 13 heavy (non-hydrogen) atoms. The van der Waals surface area contributed by atoms with Crippen molar-refractivity contribution in [3.05, 3.63) is 10.7 Å². The maximum absolute atomic E-state index is 11.1. The Labute approximate surface area is 80.1 Å². The number of nitrogens with zero attached hydrogens (tertiary/aromatic N) is 1. The predicted octanol–water partition coefficient (Wildman–Crippen LogP) is 0.634. The van der Waals surface area contributed by atoms with E-state index < -0.39 is 9.84 Å². The molecule has 0 spiro atoms. The van der Waals surface area contributed by atoms with Crippen molar-refractivity contribution in [1.29, 1.82) is 0 Å². The summed E-state index contributed by atoms with van der Waals surface area (Å²) in [5, 5.41) is 6.28. The van der Waals surface area contributed by atoms with Crippen LogP contribution in [0.15, 0.2) is 4.42 Å². The van der Waals surface area contributed by atoms with Crippen LogP contribution >= 0.6 is 12.2 Å². The van der Waals surface area contributed by atoms with Gasteiger partial charge in [0.25, 0.3) is 4.84 Å². The summed E-state index contributed by atoms with van der Waals surface area (Å²) in [6.45, 7) is 0. The van der Waals surface area contributed by atoms with E-state index in [9.17, 15) is 8.42 Å². The molecular weight excluding hydrogens is 212 g/mol. The molecule has 0 saturated carbocycles. The number of hydrogen-bond acceptors (Lipinski definition) is 5. The smallest absolute Gasteiger partial charge is 0.284 e. The van der Waals surface area contributed by atoms with Gasteiger partial charge in [-0.15, -0.1) is 5.10 Å². The van der Waals surface area contributed by atoms with Gasteiger partial charge >= 0.3 is 0 Å². The van der Waals surface area contributed by atoms with Crippen molar-refractivity contribution in [2.75, 3.05) is 11.5 Å². The minimum Gasteiger partial charge on any atom is -0.414 e. The number of nitrogens with one attached hydrogen (secondary N) is 1. The third kappa shape index (κ3) is 1.80. The van der Waals surface area contributed by atoms with Crippen molar-refractivity contribution in [3.63, 3.8) is 0 Å².